The number of aromatic nitrogens is 5. The average Bonchev–Trinajstić information content (AvgIpc) is 3.44. The molecule has 9 heteroatoms. The summed E-state index contributed by atoms with van der Waals surface area (Å²) in [6, 6.07) is 6.40. The van der Waals surface area contributed by atoms with Gasteiger partial charge in [-0.2, -0.15) is 5.10 Å². The number of benzene rings is 1. The zero-order chi connectivity index (χ0) is 23.8. The first-order valence-electron chi connectivity index (χ1n) is 11.9. The molecule has 5 rings (SSSR count). The van der Waals surface area contributed by atoms with Crippen molar-refractivity contribution in [2.24, 2.45) is 0 Å². The van der Waals surface area contributed by atoms with Crippen LogP contribution in [0.3, 0.4) is 0 Å². The van der Waals surface area contributed by atoms with Gasteiger partial charge in [0, 0.05) is 32.0 Å². The van der Waals surface area contributed by atoms with Crippen molar-refractivity contribution >= 4 is 16.7 Å². The molecule has 1 aliphatic rings. The van der Waals surface area contributed by atoms with Crippen LogP contribution in [0.2, 0.25) is 0 Å². The Morgan fingerprint density at radius 3 is 2.85 bits per heavy atom. The number of methoxy groups -OCH3 is 2. The summed E-state index contributed by atoms with van der Waals surface area (Å²) in [6.07, 6.45) is 5.54. The molecule has 1 N–H and O–H groups in total. The lowest BCUT2D eigenvalue weighted by Gasteiger charge is -2.33. The monoisotopic (exact) mass is 464 g/mol. The number of nitrogens with one attached hydrogen (secondary N) is 1. The van der Waals surface area contributed by atoms with Gasteiger partial charge in [0.05, 0.1) is 30.8 Å². The van der Waals surface area contributed by atoms with E-state index in [0.29, 0.717) is 18.0 Å². The van der Waals surface area contributed by atoms with Gasteiger partial charge in [0.15, 0.2) is 11.4 Å². The van der Waals surface area contributed by atoms with Crippen LogP contribution in [0, 0.1) is 0 Å². The number of aromatic amines is 1. The number of pyridine rings is 1. The highest BCUT2D eigenvalue weighted by Crippen LogP contribution is 2.36. The van der Waals surface area contributed by atoms with E-state index in [1.165, 1.54) is 11.9 Å². The van der Waals surface area contributed by atoms with Gasteiger partial charge in [0.25, 0.3) is 0 Å². The molecule has 0 bridgehead atoms. The molecule has 1 aromatic carbocycles. The number of piperidine rings is 1. The van der Waals surface area contributed by atoms with Crippen molar-refractivity contribution < 1.29 is 9.47 Å². The number of likely N-dealkylation sites (tertiary alicyclic amines) is 1. The minimum absolute atomic E-state index is 0.0512. The molecule has 9 nitrogen and oxygen atoms in total. The number of H-pyrrole nitrogens is 1. The standard InChI is InChI=1S/C25H32N6O3/c1-16(2)19-12-22-21(11-20(19)17-10-23(34-4)24-26-15-27-30(24)13-17)28-25(32)31(22)18-6-5-7-29(14-18)8-9-33-3/h10-13,15-16,18H,5-9,14H2,1-4H3,(H,28,32)/t18-/m0/s1. The van der Waals surface area contributed by atoms with Gasteiger partial charge in [-0.3, -0.25) is 9.47 Å². The van der Waals surface area contributed by atoms with E-state index in [-0.39, 0.29) is 17.6 Å². The summed E-state index contributed by atoms with van der Waals surface area (Å²) in [5.74, 6) is 0.925. The van der Waals surface area contributed by atoms with Crippen LogP contribution in [0.15, 0.2) is 35.5 Å². The highest BCUT2D eigenvalue weighted by atomic mass is 16.5. The van der Waals surface area contributed by atoms with E-state index >= 15 is 0 Å². The summed E-state index contributed by atoms with van der Waals surface area (Å²) in [5, 5.41) is 4.31. The van der Waals surface area contributed by atoms with Gasteiger partial charge in [-0.15, -0.1) is 0 Å². The molecule has 34 heavy (non-hydrogen) atoms. The molecule has 1 fully saturated rings. The van der Waals surface area contributed by atoms with Gasteiger partial charge in [-0.25, -0.2) is 14.3 Å². The summed E-state index contributed by atoms with van der Waals surface area (Å²) in [6.45, 7) is 7.85. The maximum absolute atomic E-state index is 13.1. The van der Waals surface area contributed by atoms with Crippen LogP contribution >= 0.6 is 0 Å². The van der Waals surface area contributed by atoms with Gasteiger partial charge in [0.2, 0.25) is 0 Å². The van der Waals surface area contributed by atoms with Gasteiger partial charge in [-0.05, 0) is 54.6 Å². The zero-order valence-electron chi connectivity index (χ0n) is 20.2. The van der Waals surface area contributed by atoms with E-state index in [1.54, 1.807) is 18.7 Å². The van der Waals surface area contributed by atoms with Crippen molar-refractivity contribution in [2.75, 3.05) is 40.5 Å². The van der Waals surface area contributed by atoms with E-state index in [2.05, 4.69) is 45.9 Å². The molecule has 0 amide bonds. The second kappa shape index (κ2) is 9.23. The molecule has 0 aliphatic carbocycles. The predicted octanol–water partition coefficient (Wildman–Crippen LogP) is 3.45. The highest BCUT2D eigenvalue weighted by Gasteiger charge is 2.25. The molecule has 0 spiro atoms. The van der Waals surface area contributed by atoms with Gasteiger partial charge >= 0.3 is 5.69 Å². The van der Waals surface area contributed by atoms with Gasteiger partial charge < -0.3 is 14.5 Å². The van der Waals surface area contributed by atoms with Crippen LogP contribution in [-0.4, -0.2) is 69.5 Å². The smallest absolute Gasteiger partial charge is 0.326 e. The number of rotatable bonds is 7. The van der Waals surface area contributed by atoms with Gasteiger partial charge in [0.1, 0.15) is 6.33 Å². The van der Waals surface area contributed by atoms with Gasteiger partial charge in [-0.1, -0.05) is 13.8 Å². The normalized spacial score (nSPS) is 17.3. The molecule has 1 atom stereocenters. The average molecular weight is 465 g/mol. The predicted molar refractivity (Wildman–Crippen MR) is 132 cm³/mol. The Labute approximate surface area is 198 Å². The molecule has 1 aliphatic heterocycles. The van der Waals surface area contributed by atoms with Crippen LogP contribution in [0.25, 0.3) is 27.8 Å². The van der Waals surface area contributed by atoms with Crippen molar-refractivity contribution in [1.29, 1.82) is 0 Å². The molecule has 3 aromatic heterocycles. The number of hydrogen-bond donors (Lipinski definition) is 1. The van der Waals surface area contributed by atoms with E-state index in [0.717, 1.165) is 54.6 Å². The number of ether oxygens (including phenoxy) is 2. The fraction of sp³-hybridized carbons (Fsp3) is 0.480. The molecular weight excluding hydrogens is 432 g/mol. The van der Waals surface area contributed by atoms with E-state index in [1.807, 2.05) is 16.8 Å². The number of imidazole rings is 1. The van der Waals surface area contributed by atoms with Crippen molar-refractivity contribution in [1.82, 2.24) is 29.0 Å². The van der Waals surface area contributed by atoms with Crippen molar-refractivity contribution in [3.8, 4) is 16.9 Å². The fourth-order valence-electron chi connectivity index (χ4n) is 5.14. The number of hydrogen-bond acceptors (Lipinski definition) is 6. The molecule has 1 saturated heterocycles. The summed E-state index contributed by atoms with van der Waals surface area (Å²) >= 11 is 0. The van der Waals surface area contributed by atoms with Crippen molar-refractivity contribution in [2.45, 2.75) is 38.6 Å². The molecule has 180 valence electrons. The lowest BCUT2D eigenvalue weighted by molar-refractivity contribution is 0.117. The van der Waals surface area contributed by atoms with Crippen molar-refractivity contribution in [3.63, 3.8) is 0 Å². The molecule has 4 aromatic rings. The first kappa shape index (κ1) is 22.6. The molecule has 0 saturated carbocycles. The first-order chi connectivity index (χ1) is 16.5. The maximum atomic E-state index is 13.1. The molecule has 0 radical (unpaired) electrons. The van der Waals surface area contributed by atoms with Crippen LogP contribution in [0.5, 0.6) is 5.75 Å². The number of fused-ring (bicyclic) bond motifs is 2. The summed E-state index contributed by atoms with van der Waals surface area (Å²) in [7, 11) is 3.37. The van der Waals surface area contributed by atoms with Crippen LogP contribution in [0.4, 0.5) is 0 Å². The molecular formula is C25H32N6O3. The summed E-state index contributed by atoms with van der Waals surface area (Å²) < 4.78 is 14.5. The quantitative estimate of drug-likeness (QED) is 0.451. The Balaban J connectivity index is 1.61. The van der Waals surface area contributed by atoms with Crippen LogP contribution in [0.1, 0.15) is 44.2 Å². The topological polar surface area (TPSA) is 89.7 Å². The minimum Gasteiger partial charge on any atom is -0.493 e. The molecule has 4 heterocycles. The zero-order valence-corrected chi connectivity index (χ0v) is 20.2. The van der Waals surface area contributed by atoms with E-state index in [4.69, 9.17) is 9.47 Å². The van der Waals surface area contributed by atoms with Crippen LogP contribution < -0.4 is 10.4 Å². The van der Waals surface area contributed by atoms with E-state index < -0.39 is 0 Å². The minimum atomic E-state index is -0.0512. The summed E-state index contributed by atoms with van der Waals surface area (Å²) in [5.41, 5.74) is 5.63. The SMILES string of the molecule is COCCN1CCC[C@H](n2c(=O)[nH]c3cc(-c4cc(OC)c5ncnn5c4)c(C(C)C)cc32)C1. The Morgan fingerprint density at radius 1 is 1.24 bits per heavy atom. The lowest BCUT2D eigenvalue weighted by Crippen LogP contribution is -2.40. The Hall–Kier alpha value is -3.17. The Kier molecular flexibility index (Phi) is 6.14. The third-order valence-corrected chi connectivity index (χ3v) is 6.84. The maximum Gasteiger partial charge on any atom is 0.326 e. The highest BCUT2D eigenvalue weighted by molar-refractivity contribution is 5.85. The third kappa shape index (κ3) is 3.99. The Morgan fingerprint density at radius 2 is 2.09 bits per heavy atom. The molecule has 0 unspecified atom stereocenters. The Bertz CT molecular complexity index is 1370. The third-order valence-electron chi connectivity index (χ3n) is 6.84. The van der Waals surface area contributed by atoms with Crippen molar-refractivity contribution in [3.05, 3.63) is 46.8 Å². The fourth-order valence-corrected chi connectivity index (χ4v) is 5.14. The second-order valence-electron chi connectivity index (χ2n) is 9.33. The summed E-state index contributed by atoms with van der Waals surface area (Å²) in [4.78, 5) is 22.9. The largest absolute Gasteiger partial charge is 0.493 e. The van der Waals surface area contributed by atoms with E-state index in [9.17, 15) is 4.79 Å². The lowest BCUT2D eigenvalue weighted by atomic mass is 9.92. The van der Waals surface area contributed by atoms with Crippen LogP contribution in [-0.2, 0) is 4.74 Å². The number of nitrogens with zero attached hydrogens (tertiary/aromatic N) is 5. The second-order valence-corrected chi connectivity index (χ2v) is 9.33. The first-order valence-corrected chi connectivity index (χ1v) is 11.9.